The van der Waals surface area contributed by atoms with E-state index in [4.69, 9.17) is 5.11 Å². The number of terminal acetylenes is 1. The van der Waals surface area contributed by atoms with Gasteiger partial charge in [0, 0.05) is 30.5 Å². The molecule has 124 valence electrons. The van der Waals surface area contributed by atoms with E-state index in [2.05, 4.69) is 17.9 Å². The molecular formula is C15H19N3O5. The summed E-state index contributed by atoms with van der Waals surface area (Å²) in [4.78, 5) is 31.7. The van der Waals surface area contributed by atoms with Crippen LogP contribution in [0.2, 0.25) is 0 Å². The predicted octanol–water partition coefficient (Wildman–Crippen LogP) is 1.67. The first-order valence-corrected chi connectivity index (χ1v) is 6.24. The average molecular weight is 321 g/mol. The van der Waals surface area contributed by atoms with E-state index < -0.39 is 4.92 Å². The minimum absolute atomic E-state index is 0.0379. The molecule has 0 fully saturated rings. The van der Waals surface area contributed by atoms with Gasteiger partial charge in [-0.3, -0.25) is 19.9 Å². The van der Waals surface area contributed by atoms with Gasteiger partial charge < -0.3 is 9.90 Å². The van der Waals surface area contributed by atoms with Crippen molar-refractivity contribution < 1.29 is 19.6 Å². The number of carbonyl (C=O) groups excluding carboxylic acids is 2. The number of aliphatic hydroxyl groups is 1. The number of benzene rings is 1. The molecule has 0 saturated heterocycles. The summed E-state index contributed by atoms with van der Waals surface area (Å²) in [6.45, 7) is 3.44. The number of carbonyl (C=O) groups is 2. The molecule has 0 aromatic heterocycles. The topological polar surface area (TPSA) is 113 Å². The molecule has 0 saturated carbocycles. The smallest absolute Gasteiger partial charge is 0.270 e. The number of hydrazone groups is 1. The molecule has 8 heteroatoms. The summed E-state index contributed by atoms with van der Waals surface area (Å²) in [6.07, 6.45) is 9.14. The fourth-order valence-corrected chi connectivity index (χ4v) is 1.49. The zero-order chi connectivity index (χ0) is 18.4. The first-order valence-electron chi connectivity index (χ1n) is 6.24. The van der Waals surface area contributed by atoms with Crippen molar-refractivity contribution >= 4 is 29.7 Å². The summed E-state index contributed by atoms with van der Waals surface area (Å²) in [7, 11) is 1.00. The molecule has 1 N–H and O–H groups in total. The molecule has 8 nitrogen and oxygen atoms in total. The van der Waals surface area contributed by atoms with Crippen LogP contribution in [0, 0.1) is 23.0 Å². The Labute approximate surface area is 134 Å². The maximum atomic E-state index is 11.0. The van der Waals surface area contributed by atoms with Gasteiger partial charge in [-0.15, -0.1) is 12.8 Å². The standard InChI is InChI=1S/C12H13N3O4.C2H2.CH4O/c1-9(2)13-14(5-6-16)12-4-3-11(15(18)19)7-10(12)8-17;2*1-2/h3-4,6-8H,5H2,1-2H3;1-2H;2H,1H3. The molecule has 0 aliphatic carbocycles. The Balaban J connectivity index is 0. The Morgan fingerprint density at radius 2 is 1.91 bits per heavy atom. The lowest BCUT2D eigenvalue weighted by Crippen LogP contribution is -2.21. The summed E-state index contributed by atoms with van der Waals surface area (Å²) in [5, 5.41) is 23.1. The number of anilines is 1. The molecule has 0 amide bonds. The Morgan fingerprint density at radius 1 is 1.35 bits per heavy atom. The van der Waals surface area contributed by atoms with Crippen molar-refractivity contribution in [3.63, 3.8) is 0 Å². The van der Waals surface area contributed by atoms with Gasteiger partial charge in [0.25, 0.3) is 5.69 Å². The van der Waals surface area contributed by atoms with Gasteiger partial charge in [0.05, 0.1) is 17.2 Å². The normalized spacial score (nSPS) is 8.26. The highest BCUT2D eigenvalue weighted by molar-refractivity contribution is 5.88. The monoisotopic (exact) mass is 321 g/mol. The van der Waals surface area contributed by atoms with E-state index in [-0.39, 0.29) is 17.8 Å². The number of hydrogen-bond donors (Lipinski definition) is 1. The number of nitro benzene ring substituents is 1. The number of hydrogen-bond acceptors (Lipinski definition) is 7. The number of aliphatic hydroxyl groups excluding tert-OH is 1. The highest BCUT2D eigenvalue weighted by Gasteiger charge is 2.15. The molecule has 1 rings (SSSR count). The van der Waals surface area contributed by atoms with Crippen LogP contribution in [0.1, 0.15) is 24.2 Å². The van der Waals surface area contributed by atoms with Crippen molar-refractivity contribution in [3.05, 3.63) is 33.9 Å². The van der Waals surface area contributed by atoms with E-state index in [9.17, 15) is 19.7 Å². The lowest BCUT2D eigenvalue weighted by Gasteiger charge is -2.18. The summed E-state index contributed by atoms with van der Waals surface area (Å²) < 4.78 is 0. The largest absolute Gasteiger partial charge is 0.400 e. The van der Waals surface area contributed by atoms with E-state index in [0.717, 1.165) is 13.2 Å². The third kappa shape index (κ3) is 7.50. The van der Waals surface area contributed by atoms with Gasteiger partial charge in [-0.25, -0.2) is 0 Å². The van der Waals surface area contributed by atoms with E-state index in [1.54, 1.807) is 13.8 Å². The molecule has 0 heterocycles. The van der Waals surface area contributed by atoms with E-state index in [0.29, 0.717) is 24.0 Å². The average Bonchev–Trinajstić information content (AvgIpc) is 2.57. The molecule has 0 bridgehead atoms. The van der Waals surface area contributed by atoms with Crippen molar-refractivity contribution in [2.75, 3.05) is 18.7 Å². The Bertz CT molecular complexity index is 578. The molecule has 0 aliphatic heterocycles. The van der Waals surface area contributed by atoms with E-state index >= 15 is 0 Å². The second-order valence-electron chi connectivity index (χ2n) is 3.91. The zero-order valence-corrected chi connectivity index (χ0v) is 13.2. The first-order chi connectivity index (χ1) is 11.0. The molecule has 0 aliphatic rings. The van der Waals surface area contributed by atoms with Crippen LogP contribution in [0.5, 0.6) is 0 Å². The maximum absolute atomic E-state index is 11.0. The highest BCUT2D eigenvalue weighted by atomic mass is 16.6. The van der Waals surface area contributed by atoms with Crippen molar-refractivity contribution in [2.24, 2.45) is 5.10 Å². The van der Waals surface area contributed by atoms with Crippen LogP contribution in [0.4, 0.5) is 11.4 Å². The molecule has 1 aromatic rings. The van der Waals surface area contributed by atoms with Gasteiger partial charge in [-0.1, -0.05) is 0 Å². The summed E-state index contributed by atoms with van der Waals surface area (Å²) in [5.41, 5.74) is 0.973. The molecule has 0 unspecified atom stereocenters. The van der Waals surface area contributed by atoms with Crippen molar-refractivity contribution in [1.82, 2.24) is 0 Å². The molecule has 0 atom stereocenters. The third-order valence-electron chi connectivity index (χ3n) is 2.20. The SMILES string of the molecule is C#C.CC(C)=NN(CC=O)c1ccc([N+](=O)[O-])cc1C=O.CO. The van der Waals surface area contributed by atoms with Gasteiger partial charge in [-0.05, 0) is 19.9 Å². The van der Waals surface area contributed by atoms with Crippen LogP contribution >= 0.6 is 0 Å². The molecule has 1 aromatic carbocycles. The van der Waals surface area contributed by atoms with Crippen LogP contribution in [0.25, 0.3) is 0 Å². The summed E-state index contributed by atoms with van der Waals surface area (Å²) in [5.74, 6) is 0. The van der Waals surface area contributed by atoms with Gasteiger partial charge in [0.15, 0.2) is 6.29 Å². The van der Waals surface area contributed by atoms with Crippen LogP contribution < -0.4 is 5.01 Å². The number of rotatable bonds is 6. The first kappa shape index (κ1) is 22.2. The Hall–Kier alpha value is -3.05. The highest BCUT2D eigenvalue weighted by Crippen LogP contribution is 2.24. The fourth-order valence-electron chi connectivity index (χ4n) is 1.49. The minimum Gasteiger partial charge on any atom is -0.400 e. The molecular weight excluding hydrogens is 302 g/mol. The van der Waals surface area contributed by atoms with Gasteiger partial charge in [0.2, 0.25) is 0 Å². The van der Waals surface area contributed by atoms with Gasteiger partial charge in [0.1, 0.15) is 6.29 Å². The minimum atomic E-state index is -0.588. The van der Waals surface area contributed by atoms with Crippen molar-refractivity contribution in [2.45, 2.75) is 13.8 Å². The predicted molar refractivity (Wildman–Crippen MR) is 88.7 cm³/mol. The third-order valence-corrected chi connectivity index (χ3v) is 2.20. The van der Waals surface area contributed by atoms with Gasteiger partial charge in [-0.2, -0.15) is 5.10 Å². The maximum Gasteiger partial charge on any atom is 0.270 e. The van der Waals surface area contributed by atoms with Crippen LogP contribution in [0.3, 0.4) is 0 Å². The molecule has 0 spiro atoms. The fraction of sp³-hybridized carbons (Fsp3) is 0.267. The summed E-state index contributed by atoms with van der Waals surface area (Å²) >= 11 is 0. The number of aldehydes is 2. The second kappa shape index (κ2) is 12.7. The second-order valence-corrected chi connectivity index (χ2v) is 3.91. The van der Waals surface area contributed by atoms with E-state index in [1.165, 1.54) is 17.1 Å². The number of nitro groups is 1. The van der Waals surface area contributed by atoms with Crippen molar-refractivity contribution in [1.29, 1.82) is 0 Å². The number of non-ortho nitro benzene ring substituents is 1. The van der Waals surface area contributed by atoms with Crippen molar-refractivity contribution in [3.8, 4) is 12.8 Å². The molecule has 23 heavy (non-hydrogen) atoms. The zero-order valence-electron chi connectivity index (χ0n) is 13.2. The number of nitrogens with zero attached hydrogens (tertiary/aromatic N) is 3. The Kier molecular flexibility index (Phi) is 12.3. The van der Waals surface area contributed by atoms with Gasteiger partial charge >= 0.3 is 0 Å². The summed E-state index contributed by atoms with van der Waals surface area (Å²) in [6, 6.07) is 3.82. The van der Waals surface area contributed by atoms with Crippen LogP contribution in [0.15, 0.2) is 23.3 Å². The lowest BCUT2D eigenvalue weighted by molar-refractivity contribution is -0.384. The van der Waals surface area contributed by atoms with E-state index in [1.807, 2.05) is 0 Å². The molecule has 0 radical (unpaired) electrons. The Morgan fingerprint density at radius 3 is 2.30 bits per heavy atom. The quantitative estimate of drug-likeness (QED) is 0.280. The van der Waals surface area contributed by atoms with Crippen LogP contribution in [-0.4, -0.2) is 42.0 Å². The lowest BCUT2D eigenvalue weighted by atomic mass is 10.1. The van der Waals surface area contributed by atoms with Crippen LogP contribution in [-0.2, 0) is 4.79 Å².